The third kappa shape index (κ3) is 3.72. The maximum atomic E-state index is 10.9. The molecular formula is C13H17ClO3. The second-order valence-electron chi connectivity index (χ2n) is 4.69. The summed E-state index contributed by atoms with van der Waals surface area (Å²) in [5.74, 6) is -0.812. The van der Waals surface area contributed by atoms with E-state index in [1.165, 1.54) is 0 Å². The van der Waals surface area contributed by atoms with Gasteiger partial charge in [-0.15, -0.1) is 0 Å². The number of rotatable bonds is 5. The van der Waals surface area contributed by atoms with E-state index in [0.29, 0.717) is 11.6 Å². The van der Waals surface area contributed by atoms with E-state index < -0.39 is 11.4 Å². The van der Waals surface area contributed by atoms with E-state index in [1.807, 2.05) is 26.0 Å². The molecule has 0 aliphatic heterocycles. The minimum atomic E-state index is -0.812. The third-order valence-electron chi connectivity index (χ3n) is 2.69. The summed E-state index contributed by atoms with van der Waals surface area (Å²) in [6.45, 7) is 4.24. The highest BCUT2D eigenvalue weighted by Gasteiger charge is 2.26. The molecule has 0 saturated heterocycles. The lowest BCUT2D eigenvalue weighted by molar-refractivity contribution is -0.138. The Morgan fingerprint density at radius 3 is 2.65 bits per heavy atom. The first-order valence-electron chi connectivity index (χ1n) is 5.36. The molecule has 0 fully saturated rings. The number of aliphatic carboxylic acids is 1. The Balaban J connectivity index is 3.14. The van der Waals surface area contributed by atoms with Crippen molar-refractivity contribution in [2.24, 2.45) is 0 Å². The number of benzene rings is 1. The minimum absolute atomic E-state index is 0.0747. The van der Waals surface area contributed by atoms with Crippen LogP contribution in [0.1, 0.15) is 31.4 Å². The van der Waals surface area contributed by atoms with Crippen molar-refractivity contribution in [3.05, 3.63) is 34.3 Å². The Labute approximate surface area is 106 Å². The first-order valence-corrected chi connectivity index (χ1v) is 5.74. The molecule has 4 heteroatoms. The van der Waals surface area contributed by atoms with E-state index in [9.17, 15) is 4.79 Å². The lowest BCUT2D eigenvalue weighted by Gasteiger charge is -2.26. The van der Waals surface area contributed by atoms with Crippen molar-refractivity contribution in [3.63, 3.8) is 0 Å². The highest BCUT2D eigenvalue weighted by Crippen LogP contribution is 2.31. The molecule has 1 N–H and O–H groups in total. The van der Waals surface area contributed by atoms with Gasteiger partial charge in [-0.05, 0) is 23.3 Å². The fraction of sp³-hybridized carbons (Fsp3) is 0.462. The Bertz CT molecular complexity index is 413. The Morgan fingerprint density at radius 1 is 1.47 bits per heavy atom. The second-order valence-corrected chi connectivity index (χ2v) is 5.13. The van der Waals surface area contributed by atoms with E-state index >= 15 is 0 Å². The van der Waals surface area contributed by atoms with Crippen LogP contribution in [0.25, 0.3) is 0 Å². The van der Waals surface area contributed by atoms with E-state index in [-0.39, 0.29) is 6.42 Å². The van der Waals surface area contributed by atoms with Crippen LogP contribution in [0.4, 0.5) is 0 Å². The second kappa shape index (κ2) is 5.52. The van der Waals surface area contributed by atoms with E-state index in [4.69, 9.17) is 21.4 Å². The molecule has 0 saturated carbocycles. The minimum Gasteiger partial charge on any atom is -0.481 e. The quantitative estimate of drug-likeness (QED) is 0.880. The zero-order chi connectivity index (χ0) is 13.1. The number of carboxylic acid groups (broad SMARTS) is 1. The standard InChI is InChI=1S/C13H17ClO3/c1-13(2,7-12(15)16)11-5-4-10(14)6-9(11)8-17-3/h4-6H,7-8H2,1-3H3,(H,15,16). The van der Waals surface area contributed by atoms with Gasteiger partial charge in [0.1, 0.15) is 0 Å². The number of halogens is 1. The van der Waals surface area contributed by atoms with Crippen molar-refractivity contribution in [3.8, 4) is 0 Å². The number of carbonyl (C=O) groups is 1. The van der Waals surface area contributed by atoms with Crippen LogP contribution >= 0.6 is 11.6 Å². The first-order chi connectivity index (χ1) is 7.86. The average Bonchev–Trinajstić information content (AvgIpc) is 2.15. The highest BCUT2D eigenvalue weighted by molar-refractivity contribution is 6.30. The van der Waals surface area contributed by atoms with Crippen molar-refractivity contribution < 1.29 is 14.6 Å². The van der Waals surface area contributed by atoms with Crippen molar-refractivity contribution in [1.29, 1.82) is 0 Å². The molecule has 1 rings (SSSR count). The van der Waals surface area contributed by atoms with Gasteiger partial charge in [0.2, 0.25) is 0 Å². The molecule has 0 heterocycles. The van der Waals surface area contributed by atoms with Gasteiger partial charge in [0, 0.05) is 17.5 Å². The van der Waals surface area contributed by atoms with Gasteiger partial charge in [-0.2, -0.15) is 0 Å². The lowest BCUT2D eigenvalue weighted by Crippen LogP contribution is -2.23. The summed E-state index contributed by atoms with van der Waals surface area (Å²) in [5.41, 5.74) is 1.46. The summed E-state index contributed by atoms with van der Waals surface area (Å²) in [4.78, 5) is 10.9. The van der Waals surface area contributed by atoms with E-state index in [1.54, 1.807) is 13.2 Å². The summed E-state index contributed by atoms with van der Waals surface area (Å²) in [6, 6.07) is 5.48. The van der Waals surface area contributed by atoms with Gasteiger partial charge >= 0.3 is 5.97 Å². The van der Waals surface area contributed by atoms with Gasteiger partial charge in [-0.3, -0.25) is 4.79 Å². The maximum Gasteiger partial charge on any atom is 0.304 e. The van der Waals surface area contributed by atoms with Crippen LogP contribution in [0.2, 0.25) is 5.02 Å². The predicted molar refractivity (Wildman–Crippen MR) is 67.4 cm³/mol. The fourth-order valence-electron chi connectivity index (χ4n) is 1.97. The van der Waals surface area contributed by atoms with Crippen LogP contribution in [-0.2, 0) is 21.6 Å². The Kier molecular flexibility index (Phi) is 4.54. The third-order valence-corrected chi connectivity index (χ3v) is 2.92. The highest BCUT2D eigenvalue weighted by atomic mass is 35.5. The molecule has 94 valence electrons. The van der Waals surface area contributed by atoms with Crippen molar-refractivity contribution >= 4 is 17.6 Å². The smallest absolute Gasteiger partial charge is 0.304 e. The lowest BCUT2D eigenvalue weighted by atomic mass is 9.79. The van der Waals surface area contributed by atoms with Crippen LogP contribution < -0.4 is 0 Å². The normalized spacial score (nSPS) is 11.5. The Morgan fingerprint density at radius 2 is 2.12 bits per heavy atom. The summed E-state index contributed by atoms with van der Waals surface area (Å²) in [5, 5.41) is 9.56. The molecule has 0 aliphatic rings. The number of hydrogen-bond donors (Lipinski definition) is 1. The molecule has 17 heavy (non-hydrogen) atoms. The van der Waals surface area contributed by atoms with Gasteiger partial charge < -0.3 is 9.84 Å². The summed E-state index contributed by atoms with van der Waals surface area (Å²) in [7, 11) is 1.61. The molecule has 0 unspecified atom stereocenters. The zero-order valence-corrected chi connectivity index (χ0v) is 11.0. The molecule has 3 nitrogen and oxygen atoms in total. The number of methoxy groups -OCH3 is 1. The van der Waals surface area contributed by atoms with Crippen LogP contribution in [-0.4, -0.2) is 18.2 Å². The average molecular weight is 257 g/mol. The monoisotopic (exact) mass is 256 g/mol. The molecule has 0 bridgehead atoms. The van der Waals surface area contributed by atoms with Crippen molar-refractivity contribution in [2.45, 2.75) is 32.3 Å². The number of hydrogen-bond acceptors (Lipinski definition) is 2. The molecule has 0 spiro atoms. The van der Waals surface area contributed by atoms with Gasteiger partial charge in [0.25, 0.3) is 0 Å². The topological polar surface area (TPSA) is 46.5 Å². The largest absolute Gasteiger partial charge is 0.481 e. The molecule has 0 atom stereocenters. The fourth-order valence-corrected chi connectivity index (χ4v) is 2.17. The van der Waals surface area contributed by atoms with Crippen LogP contribution in [0.5, 0.6) is 0 Å². The molecule has 0 aromatic heterocycles. The zero-order valence-electron chi connectivity index (χ0n) is 10.3. The molecule has 0 radical (unpaired) electrons. The molecular weight excluding hydrogens is 240 g/mol. The summed E-state index contributed by atoms with van der Waals surface area (Å²) < 4.78 is 5.12. The summed E-state index contributed by atoms with van der Waals surface area (Å²) >= 11 is 5.94. The molecule has 1 aromatic rings. The van der Waals surface area contributed by atoms with Gasteiger partial charge in [0.05, 0.1) is 13.0 Å². The van der Waals surface area contributed by atoms with Crippen molar-refractivity contribution in [1.82, 2.24) is 0 Å². The van der Waals surface area contributed by atoms with Gasteiger partial charge in [-0.1, -0.05) is 31.5 Å². The molecule has 1 aromatic carbocycles. The first kappa shape index (κ1) is 14.0. The van der Waals surface area contributed by atoms with Crippen LogP contribution in [0.15, 0.2) is 18.2 Å². The van der Waals surface area contributed by atoms with Crippen LogP contribution in [0.3, 0.4) is 0 Å². The van der Waals surface area contributed by atoms with Crippen LogP contribution in [0, 0.1) is 0 Å². The van der Waals surface area contributed by atoms with E-state index in [0.717, 1.165) is 11.1 Å². The van der Waals surface area contributed by atoms with E-state index in [2.05, 4.69) is 0 Å². The van der Waals surface area contributed by atoms with Gasteiger partial charge in [0.15, 0.2) is 0 Å². The Hall–Kier alpha value is -1.06. The number of carboxylic acids is 1. The summed E-state index contributed by atoms with van der Waals surface area (Å²) in [6.07, 6.45) is 0.0747. The van der Waals surface area contributed by atoms with Gasteiger partial charge in [-0.25, -0.2) is 0 Å². The SMILES string of the molecule is COCc1cc(Cl)ccc1C(C)(C)CC(=O)O. The predicted octanol–water partition coefficient (Wildman–Crippen LogP) is 3.24. The maximum absolute atomic E-state index is 10.9. The molecule has 0 amide bonds. The van der Waals surface area contributed by atoms with Crippen molar-refractivity contribution in [2.75, 3.05) is 7.11 Å². The number of ether oxygens (including phenoxy) is 1. The molecule has 0 aliphatic carbocycles.